The average molecular weight is 563 g/mol. The Kier molecular flexibility index (Phi) is 6.43. The van der Waals surface area contributed by atoms with E-state index in [1.807, 2.05) is 49.1 Å². The van der Waals surface area contributed by atoms with Gasteiger partial charge in [0.25, 0.3) is 0 Å². The summed E-state index contributed by atoms with van der Waals surface area (Å²) in [6.07, 6.45) is 7.45. The van der Waals surface area contributed by atoms with Crippen LogP contribution < -0.4 is 0 Å². The summed E-state index contributed by atoms with van der Waals surface area (Å²) in [5, 5.41) is 4.54. The molecule has 0 N–H and O–H groups in total. The summed E-state index contributed by atoms with van der Waals surface area (Å²) in [6.45, 7) is 0. The second kappa shape index (κ2) is 11.0. The molecule has 0 unspecified atom stereocenters. The van der Waals surface area contributed by atoms with E-state index in [0.29, 0.717) is 0 Å². The molecule has 4 heterocycles. The Hall–Kier alpha value is -6.00. The number of fused-ring (bicyclic) bond motifs is 2. The molecule has 8 aromatic rings. The van der Waals surface area contributed by atoms with Gasteiger partial charge < -0.3 is 0 Å². The lowest BCUT2D eigenvalue weighted by Crippen LogP contribution is -1.93. The van der Waals surface area contributed by atoms with Gasteiger partial charge in [-0.05, 0) is 94.7 Å². The maximum absolute atomic E-state index is 4.87. The zero-order valence-corrected chi connectivity index (χ0v) is 23.8. The van der Waals surface area contributed by atoms with E-state index in [1.54, 1.807) is 0 Å². The zero-order valence-electron chi connectivity index (χ0n) is 23.8. The van der Waals surface area contributed by atoms with E-state index >= 15 is 0 Å². The van der Waals surface area contributed by atoms with Gasteiger partial charge in [-0.25, -0.2) is 0 Å². The molecule has 8 rings (SSSR count). The SMILES string of the molecule is c1ccc(-c2cc(-c3cc(-c4ccccn4)cc(-c4nccc5ccccc45)c3)cc(-c3nccc4ccccc34)c2)nc1. The van der Waals surface area contributed by atoms with Crippen LogP contribution in [0.25, 0.3) is 77.7 Å². The summed E-state index contributed by atoms with van der Waals surface area (Å²) in [4.78, 5) is 19.2. The van der Waals surface area contributed by atoms with Crippen LogP contribution in [0.1, 0.15) is 0 Å². The first-order chi connectivity index (χ1) is 21.8. The molecule has 4 heteroatoms. The molecule has 0 aliphatic rings. The van der Waals surface area contributed by atoms with Gasteiger partial charge in [-0.2, -0.15) is 0 Å². The van der Waals surface area contributed by atoms with Crippen LogP contribution in [-0.4, -0.2) is 19.9 Å². The molecular weight excluding hydrogens is 536 g/mol. The second-order valence-corrected chi connectivity index (χ2v) is 10.8. The molecule has 0 amide bonds. The minimum absolute atomic E-state index is 0.910. The van der Waals surface area contributed by atoms with Crippen LogP contribution in [0.2, 0.25) is 0 Å². The molecule has 0 saturated carbocycles. The largest absolute Gasteiger partial charge is 0.256 e. The number of hydrogen-bond acceptors (Lipinski definition) is 4. The van der Waals surface area contributed by atoms with Crippen molar-refractivity contribution in [1.29, 1.82) is 0 Å². The van der Waals surface area contributed by atoms with Gasteiger partial charge in [0.2, 0.25) is 0 Å². The molecule has 0 aliphatic carbocycles. The predicted molar refractivity (Wildman–Crippen MR) is 180 cm³/mol. The number of pyridine rings is 4. The number of aromatic nitrogens is 4. The van der Waals surface area contributed by atoms with Crippen LogP contribution in [0.5, 0.6) is 0 Å². The normalized spacial score (nSPS) is 11.2. The first kappa shape index (κ1) is 25.7. The summed E-state index contributed by atoms with van der Waals surface area (Å²) < 4.78 is 0. The molecular formula is C40H26N4. The van der Waals surface area contributed by atoms with E-state index < -0.39 is 0 Å². The van der Waals surface area contributed by atoms with Gasteiger partial charge in [0.15, 0.2) is 0 Å². The quantitative estimate of drug-likeness (QED) is 0.209. The first-order valence-corrected chi connectivity index (χ1v) is 14.6. The number of hydrogen-bond donors (Lipinski definition) is 0. The van der Waals surface area contributed by atoms with Crippen molar-refractivity contribution in [2.24, 2.45) is 0 Å². The van der Waals surface area contributed by atoms with E-state index in [-0.39, 0.29) is 0 Å². The first-order valence-electron chi connectivity index (χ1n) is 14.6. The summed E-state index contributed by atoms with van der Waals surface area (Å²) in [5.74, 6) is 0. The Labute approximate surface area is 255 Å². The molecule has 0 saturated heterocycles. The Bertz CT molecular complexity index is 2100. The molecule has 4 nitrogen and oxygen atoms in total. The lowest BCUT2D eigenvalue weighted by molar-refractivity contribution is 1.31. The van der Waals surface area contributed by atoms with Crippen LogP contribution in [-0.2, 0) is 0 Å². The van der Waals surface area contributed by atoms with Gasteiger partial charge in [-0.1, -0.05) is 60.7 Å². The number of benzene rings is 4. The fraction of sp³-hybridized carbons (Fsp3) is 0. The lowest BCUT2D eigenvalue weighted by Gasteiger charge is -2.15. The third kappa shape index (κ3) is 4.79. The minimum atomic E-state index is 0.910. The standard InChI is InChI=1S/C40H26N4/c1-3-11-35-27(9-1)15-19-43-39(35)33-23-29(21-31(25-33)37-13-5-7-17-41-37)30-22-32(38-14-6-8-18-42-38)26-34(24-30)40-36-12-4-2-10-28(36)16-20-44-40/h1-26H. The van der Waals surface area contributed by atoms with Crippen molar-refractivity contribution in [3.05, 3.63) is 158 Å². The van der Waals surface area contributed by atoms with E-state index in [9.17, 15) is 0 Å². The Balaban J connectivity index is 1.40. The fourth-order valence-electron chi connectivity index (χ4n) is 5.92. The minimum Gasteiger partial charge on any atom is -0.256 e. The summed E-state index contributed by atoms with van der Waals surface area (Å²) in [7, 11) is 0. The van der Waals surface area contributed by atoms with Gasteiger partial charge in [-0.3, -0.25) is 19.9 Å². The zero-order chi connectivity index (χ0) is 29.3. The third-order valence-electron chi connectivity index (χ3n) is 8.01. The second-order valence-electron chi connectivity index (χ2n) is 10.8. The van der Waals surface area contributed by atoms with E-state index in [1.165, 1.54) is 0 Å². The highest BCUT2D eigenvalue weighted by molar-refractivity contribution is 5.98. The predicted octanol–water partition coefficient (Wildman–Crippen LogP) is 9.91. The Morgan fingerprint density at radius 3 is 1.16 bits per heavy atom. The maximum Gasteiger partial charge on any atom is 0.0780 e. The van der Waals surface area contributed by atoms with Crippen molar-refractivity contribution < 1.29 is 0 Å². The molecule has 0 aliphatic heterocycles. The highest BCUT2D eigenvalue weighted by Gasteiger charge is 2.15. The van der Waals surface area contributed by atoms with E-state index in [4.69, 9.17) is 19.9 Å². The van der Waals surface area contributed by atoms with Crippen LogP contribution in [0.4, 0.5) is 0 Å². The molecule has 0 radical (unpaired) electrons. The summed E-state index contributed by atoms with van der Waals surface area (Å²) in [5.41, 5.74) is 9.97. The average Bonchev–Trinajstić information content (AvgIpc) is 3.11. The van der Waals surface area contributed by atoms with Crippen LogP contribution in [0, 0.1) is 0 Å². The van der Waals surface area contributed by atoms with Gasteiger partial charge in [0.05, 0.1) is 22.8 Å². The summed E-state index contributed by atoms with van der Waals surface area (Å²) in [6, 6.07) is 46.2. The molecule has 0 spiro atoms. The van der Waals surface area contributed by atoms with Crippen molar-refractivity contribution >= 4 is 21.5 Å². The molecule has 0 fully saturated rings. The van der Waals surface area contributed by atoms with Crippen molar-refractivity contribution in [3.63, 3.8) is 0 Å². The van der Waals surface area contributed by atoms with Crippen molar-refractivity contribution in [2.45, 2.75) is 0 Å². The fourth-order valence-corrected chi connectivity index (χ4v) is 5.92. The van der Waals surface area contributed by atoms with Gasteiger partial charge >= 0.3 is 0 Å². The van der Waals surface area contributed by atoms with Crippen LogP contribution >= 0.6 is 0 Å². The molecule has 44 heavy (non-hydrogen) atoms. The third-order valence-corrected chi connectivity index (χ3v) is 8.01. The number of nitrogens with zero attached hydrogens (tertiary/aromatic N) is 4. The highest BCUT2D eigenvalue weighted by Crippen LogP contribution is 2.38. The molecule has 4 aromatic heterocycles. The topological polar surface area (TPSA) is 51.6 Å². The van der Waals surface area contributed by atoms with Crippen LogP contribution in [0.3, 0.4) is 0 Å². The Morgan fingerprint density at radius 2 is 0.705 bits per heavy atom. The van der Waals surface area contributed by atoms with Crippen molar-refractivity contribution in [3.8, 4) is 56.2 Å². The monoisotopic (exact) mass is 562 g/mol. The van der Waals surface area contributed by atoms with Crippen LogP contribution in [0.15, 0.2) is 158 Å². The summed E-state index contributed by atoms with van der Waals surface area (Å²) >= 11 is 0. The molecule has 4 aromatic carbocycles. The molecule has 206 valence electrons. The van der Waals surface area contributed by atoms with Gasteiger partial charge in [-0.15, -0.1) is 0 Å². The highest BCUT2D eigenvalue weighted by atomic mass is 14.7. The maximum atomic E-state index is 4.87. The van der Waals surface area contributed by atoms with Crippen molar-refractivity contribution in [2.75, 3.05) is 0 Å². The van der Waals surface area contributed by atoms with Gasteiger partial charge in [0.1, 0.15) is 0 Å². The lowest BCUT2D eigenvalue weighted by atomic mass is 9.91. The number of rotatable bonds is 5. The van der Waals surface area contributed by atoms with Gasteiger partial charge in [0, 0.05) is 57.8 Å². The Morgan fingerprint density at radius 1 is 0.295 bits per heavy atom. The van der Waals surface area contributed by atoms with E-state index in [2.05, 4.69) is 109 Å². The molecule has 0 atom stereocenters. The smallest absolute Gasteiger partial charge is 0.0780 e. The van der Waals surface area contributed by atoms with E-state index in [0.717, 1.165) is 77.7 Å². The van der Waals surface area contributed by atoms with Crippen molar-refractivity contribution in [1.82, 2.24) is 19.9 Å². The molecule has 0 bridgehead atoms.